The van der Waals surface area contributed by atoms with E-state index in [-0.39, 0.29) is 11.6 Å². The van der Waals surface area contributed by atoms with Crippen molar-refractivity contribution in [2.24, 2.45) is 0 Å². The number of rotatable bonds is 2. The van der Waals surface area contributed by atoms with Crippen molar-refractivity contribution in [1.82, 2.24) is 0 Å². The van der Waals surface area contributed by atoms with E-state index in [0.717, 1.165) is 0 Å². The van der Waals surface area contributed by atoms with Crippen LogP contribution in [0.25, 0.3) is 11.1 Å². The summed E-state index contributed by atoms with van der Waals surface area (Å²) in [6.45, 7) is 0. The predicted molar refractivity (Wildman–Crippen MR) is 58.9 cm³/mol. The lowest BCUT2D eigenvalue weighted by Gasteiger charge is -2.05. The van der Waals surface area contributed by atoms with Crippen LogP contribution in [0.4, 0.5) is 4.39 Å². The fourth-order valence-corrected chi connectivity index (χ4v) is 1.55. The summed E-state index contributed by atoms with van der Waals surface area (Å²) in [5, 5.41) is 9.35. The number of phenolic OH excluding ortho intramolecular Hbond substituents is 1. The molecule has 80 valence electrons. The van der Waals surface area contributed by atoms with Crippen LogP contribution < -0.4 is 0 Å². The standard InChI is InChI=1S/C13H9FO2/c14-11-3-1-2-9(6-11)13-7-12(16)5-4-10(13)8-15/h1-8,16H. The van der Waals surface area contributed by atoms with E-state index in [4.69, 9.17) is 0 Å². The van der Waals surface area contributed by atoms with E-state index in [1.807, 2.05) is 0 Å². The molecule has 2 aromatic rings. The Hall–Kier alpha value is -2.16. The van der Waals surface area contributed by atoms with Gasteiger partial charge in [0.2, 0.25) is 0 Å². The third-order valence-electron chi connectivity index (χ3n) is 2.30. The van der Waals surface area contributed by atoms with Crippen LogP contribution in [0.5, 0.6) is 5.75 Å². The smallest absolute Gasteiger partial charge is 0.150 e. The monoisotopic (exact) mass is 216 g/mol. The highest BCUT2D eigenvalue weighted by molar-refractivity contribution is 5.88. The number of hydrogen-bond donors (Lipinski definition) is 1. The van der Waals surface area contributed by atoms with E-state index in [1.165, 1.54) is 30.3 Å². The summed E-state index contributed by atoms with van der Waals surface area (Å²) in [4.78, 5) is 10.8. The Labute approximate surface area is 92.0 Å². The average Bonchev–Trinajstić information content (AvgIpc) is 2.29. The van der Waals surface area contributed by atoms with Gasteiger partial charge in [-0.1, -0.05) is 12.1 Å². The number of hydrogen-bond acceptors (Lipinski definition) is 2. The maximum absolute atomic E-state index is 13.0. The molecule has 0 unspecified atom stereocenters. The molecule has 0 aliphatic rings. The number of phenols is 1. The average molecular weight is 216 g/mol. The van der Waals surface area contributed by atoms with Crippen molar-refractivity contribution < 1.29 is 14.3 Å². The molecule has 0 saturated carbocycles. The molecule has 2 nitrogen and oxygen atoms in total. The van der Waals surface area contributed by atoms with Crippen molar-refractivity contribution in [1.29, 1.82) is 0 Å². The molecular weight excluding hydrogens is 207 g/mol. The van der Waals surface area contributed by atoms with Crippen LogP contribution in [0.15, 0.2) is 42.5 Å². The summed E-state index contributed by atoms with van der Waals surface area (Å²) in [6, 6.07) is 10.3. The van der Waals surface area contributed by atoms with E-state index in [0.29, 0.717) is 23.0 Å². The van der Waals surface area contributed by atoms with Crippen molar-refractivity contribution >= 4 is 6.29 Å². The Morgan fingerprint density at radius 1 is 1.12 bits per heavy atom. The van der Waals surface area contributed by atoms with Crippen LogP contribution in [0, 0.1) is 5.82 Å². The Bertz CT molecular complexity index is 535. The van der Waals surface area contributed by atoms with Gasteiger partial charge in [-0.2, -0.15) is 0 Å². The van der Waals surface area contributed by atoms with Crippen molar-refractivity contribution in [3.63, 3.8) is 0 Å². The number of carbonyl (C=O) groups is 1. The Morgan fingerprint density at radius 2 is 1.94 bits per heavy atom. The third kappa shape index (κ3) is 1.93. The molecule has 0 amide bonds. The Balaban J connectivity index is 2.62. The highest BCUT2D eigenvalue weighted by Gasteiger charge is 2.06. The number of benzene rings is 2. The third-order valence-corrected chi connectivity index (χ3v) is 2.30. The minimum absolute atomic E-state index is 0.0462. The topological polar surface area (TPSA) is 37.3 Å². The molecule has 0 aliphatic heterocycles. The summed E-state index contributed by atoms with van der Waals surface area (Å²) in [5.41, 5.74) is 1.51. The van der Waals surface area contributed by atoms with Crippen LogP contribution in [0.1, 0.15) is 10.4 Å². The first-order valence-electron chi connectivity index (χ1n) is 4.75. The molecule has 16 heavy (non-hydrogen) atoms. The van der Waals surface area contributed by atoms with Gasteiger partial charge in [0.25, 0.3) is 0 Å². The molecule has 0 atom stereocenters. The first kappa shape index (κ1) is 10.4. The fraction of sp³-hybridized carbons (Fsp3) is 0. The lowest BCUT2D eigenvalue weighted by atomic mass is 10.00. The first-order valence-corrected chi connectivity index (χ1v) is 4.75. The second kappa shape index (κ2) is 4.14. The van der Waals surface area contributed by atoms with Crippen LogP contribution >= 0.6 is 0 Å². The van der Waals surface area contributed by atoms with Crippen LogP contribution in [0.2, 0.25) is 0 Å². The Kier molecular flexibility index (Phi) is 2.68. The summed E-state index contributed by atoms with van der Waals surface area (Å²) in [7, 11) is 0. The van der Waals surface area contributed by atoms with Gasteiger partial charge in [-0.15, -0.1) is 0 Å². The quantitative estimate of drug-likeness (QED) is 0.783. The van der Waals surface area contributed by atoms with E-state index in [9.17, 15) is 14.3 Å². The summed E-state index contributed by atoms with van der Waals surface area (Å²) in [5.74, 6) is -0.331. The molecule has 0 fully saturated rings. The van der Waals surface area contributed by atoms with Gasteiger partial charge < -0.3 is 5.11 Å². The van der Waals surface area contributed by atoms with E-state index >= 15 is 0 Å². The molecular formula is C13H9FO2. The zero-order valence-corrected chi connectivity index (χ0v) is 8.35. The van der Waals surface area contributed by atoms with Crippen molar-refractivity contribution in [3.8, 4) is 16.9 Å². The van der Waals surface area contributed by atoms with Crippen molar-refractivity contribution in [2.75, 3.05) is 0 Å². The minimum atomic E-state index is -0.377. The minimum Gasteiger partial charge on any atom is -0.508 e. The number of aromatic hydroxyl groups is 1. The molecule has 0 aromatic heterocycles. The fourth-order valence-electron chi connectivity index (χ4n) is 1.55. The number of aldehydes is 1. The molecule has 2 aromatic carbocycles. The molecule has 1 N–H and O–H groups in total. The van der Waals surface area contributed by atoms with Gasteiger partial charge in [-0.05, 0) is 41.5 Å². The predicted octanol–water partition coefficient (Wildman–Crippen LogP) is 3.01. The van der Waals surface area contributed by atoms with Crippen molar-refractivity contribution in [3.05, 3.63) is 53.8 Å². The maximum atomic E-state index is 13.0. The summed E-state index contributed by atoms with van der Waals surface area (Å²) >= 11 is 0. The highest BCUT2D eigenvalue weighted by Crippen LogP contribution is 2.26. The largest absolute Gasteiger partial charge is 0.508 e. The summed E-state index contributed by atoms with van der Waals surface area (Å²) in [6.07, 6.45) is 0.680. The molecule has 0 aliphatic carbocycles. The lowest BCUT2D eigenvalue weighted by molar-refractivity contribution is 0.112. The highest BCUT2D eigenvalue weighted by atomic mass is 19.1. The molecule has 0 heterocycles. The molecule has 0 bridgehead atoms. The molecule has 0 radical (unpaired) electrons. The lowest BCUT2D eigenvalue weighted by Crippen LogP contribution is -1.87. The molecule has 2 rings (SSSR count). The van der Waals surface area contributed by atoms with Gasteiger partial charge in [-0.3, -0.25) is 4.79 Å². The normalized spacial score (nSPS) is 10.1. The van der Waals surface area contributed by atoms with E-state index < -0.39 is 0 Å². The zero-order valence-electron chi connectivity index (χ0n) is 8.35. The second-order valence-corrected chi connectivity index (χ2v) is 3.40. The second-order valence-electron chi connectivity index (χ2n) is 3.40. The van der Waals surface area contributed by atoms with Gasteiger partial charge in [0.1, 0.15) is 11.6 Å². The van der Waals surface area contributed by atoms with Crippen LogP contribution in [-0.4, -0.2) is 11.4 Å². The van der Waals surface area contributed by atoms with Crippen LogP contribution in [0.3, 0.4) is 0 Å². The first-order chi connectivity index (χ1) is 7.70. The van der Waals surface area contributed by atoms with Gasteiger partial charge in [0, 0.05) is 5.56 Å². The van der Waals surface area contributed by atoms with E-state index in [1.54, 1.807) is 12.1 Å². The maximum Gasteiger partial charge on any atom is 0.150 e. The van der Waals surface area contributed by atoms with Gasteiger partial charge in [0.15, 0.2) is 6.29 Å². The van der Waals surface area contributed by atoms with Gasteiger partial charge >= 0.3 is 0 Å². The van der Waals surface area contributed by atoms with Gasteiger partial charge in [0.05, 0.1) is 0 Å². The number of halogens is 1. The zero-order chi connectivity index (χ0) is 11.5. The van der Waals surface area contributed by atoms with E-state index in [2.05, 4.69) is 0 Å². The van der Waals surface area contributed by atoms with Crippen molar-refractivity contribution in [2.45, 2.75) is 0 Å². The van der Waals surface area contributed by atoms with Gasteiger partial charge in [-0.25, -0.2) is 4.39 Å². The summed E-state index contributed by atoms with van der Waals surface area (Å²) < 4.78 is 13.0. The molecule has 0 spiro atoms. The Morgan fingerprint density at radius 3 is 2.62 bits per heavy atom. The SMILES string of the molecule is O=Cc1ccc(O)cc1-c1cccc(F)c1. The van der Waals surface area contributed by atoms with Crippen LogP contribution in [-0.2, 0) is 0 Å². The molecule has 3 heteroatoms. The molecule has 0 saturated heterocycles. The number of carbonyl (C=O) groups excluding carboxylic acids is 1.